The Bertz CT molecular complexity index is 1080. The minimum absolute atomic E-state index is 0.0821. The third kappa shape index (κ3) is 4.39. The van der Waals surface area contributed by atoms with Crippen LogP contribution in [0, 0.1) is 19.7 Å². The van der Waals surface area contributed by atoms with Crippen molar-refractivity contribution in [3.8, 4) is 22.6 Å². The summed E-state index contributed by atoms with van der Waals surface area (Å²) in [4.78, 5) is 4.14. The summed E-state index contributed by atoms with van der Waals surface area (Å²) in [7, 11) is 0. The van der Waals surface area contributed by atoms with Gasteiger partial charge in [-0.25, -0.2) is 4.39 Å². The first-order valence-corrected chi connectivity index (χ1v) is 8.85. The number of hydrogen-bond donors (Lipinski definition) is 2. The second-order valence-electron chi connectivity index (χ2n) is 6.14. The van der Waals surface area contributed by atoms with Gasteiger partial charge in [-0.15, -0.1) is 0 Å². The van der Waals surface area contributed by atoms with Crippen LogP contribution in [0.3, 0.4) is 0 Å². The molecule has 4 rings (SSSR count). The van der Waals surface area contributed by atoms with Crippen molar-refractivity contribution in [2.75, 3.05) is 0 Å². The fourth-order valence-electron chi connectivity index (χ4n) is 2.72. The average molecular weight is 397 g/mol. The second-order valence-corrected chi connectivity index (χ2v) is 6.14. The molecule has 1 aromatic carbocycles. The number of benzene rings is 1. The maximum absolute atomic E-state index is 13.4. The number of rotatable bonds is 4. The van der Waals surface area contributed by atoms with Crippen LogP contribution in [0.1, 0.15) is 22.6 Å². The van der Waals surface area contributed by atoms with Gasteiger partial charge in [0.25, 0.3) is 0 Å². The third-order valence-corrected chi connectivity index (χ3v) is 4.32. The van der Waals surface area contributed by atoms with Crippen molar-refractivity contribution in [3.05, 3.63) is 77.1 Å². The molecule has 0 fully saturated rings. The van der Waals surface area contributed by atoms with Gasteiger partial charge in [0.15, 0.2) is 0 Å². The van der Waals surface area contributed by atoms with Crippen LogP contribution in [0.15, 0.2) is 57.7 Å². The van der Waals surface area contributed by atoms with E-state index in [9.17, 15) is 4.39 Å². The van der Waals surface area contributed by atoms with Crippen LogP contribution < -0.4 is 0 Å². The van der Waals surface area contributed by atoms with E-state index in [1.54, 1.807) is 38.2 Å². The number of aliphatic hydroxyl groups excluding tert-OH is 2. The van der Waals surface area contributed by atoms with E-state index in [0.717, 1.165) is 0 Å². The van der Waals surface area contributed by atoms with Crippen LogP contribution in [0.5, 0.6) is 0 Å². The molecule has 3 aromatic heterocycles. The molecule has 0 unspecified atom stereocenters. The lowest BCUT2D eigenvalue weighted by atomic mass is 10.1. The number of hydrogen-bond acceptors (Lipinski definition) is 7. The molecule has 0 aliphatic heterocycles. The van der Waals surface area contributed by atoms with Crippen molar-refractivity contribution < 1.29 is 23.6 Å². The van der Waals surface area contributed by atoms with E-state index in [-0.39, 0.29) is 19.0 Å². The van der Waals surface area contributed by atoms with E-state index >= 15 is 0 Å². The van der Waals surface area contributed by atoms with Crippen LogP contribution >= 0.6 is 0 Å². The highest BCUT2D eigenvalue weighted by Gasteiger charge is 2.16. The van der Waals surface area contributed by atoms with Gasteiger partial charge in [0.2, 0.25) is 0 Å². The van der Waals surface area contributed by atoms with Gasteiger partial charge in [-0.05, 0) is 38.1 Å². The molecule has 3 heterocycles. The summed E-state index contributed by atoms with van der Waals surface area (Å²) in [5, 5.41) is 25.8. The molecule has 8 heteroatoms. The van der Waals surface area contributed by atoms with E-state index < -0.39 is 0 Å². The van der Waals surface area contributed by atoms with Gasteiger partial charge in [-0.3, -0.25) is 4.98 Å². The molecule has 0 saturated heterocycles. The van der Waals surface area contributed by atoms with E-state index in [1.165, 1.54) is 6.07 Å². The Morgan fingerprint density at radius 1 is 0.828 bits per heavy atom. The molecule has 0 atom stereocenters. The first-order valence-electron chi connectivity index (χ1n) is 8.85. The number of aliphatic hydroxyl groups is 2. The molecular weight excluding hydrogens is 377 g/mol. The highest BCUT2D eigenvalue weighted by Crippen LogP contribution is 2.27. The number of halogens is 1. The molecule has 0 aliphatic carbocycles. The van der Waals surface area contributed by atoms with Crippen molar-refractivity contribution in [2.24, 2.45) is 0 Å². The molecule has 0 radical (unpaired) electrons. The van der Waals surface area contributed by atoms with Gasteiger partial charge in [0, 0.05) is 22.9 Å². The Hall–Kier alpha value is -3.36. The predicted octanol–water partition coefficient (Wildman–Crippen LogP) is 3.82. The lowest BCUT2D eigenvalue weighted by Crippen LogP contribution is -1.90. The highest BCUT2D eigenvalue weighted by atomic mass is 19.1. The molecule has 4 aromatic rings. The summed E-state index contributed by atoms with van der Waals surface area (Å²) >= 11 is 0. The molecule has 29 heavy (non-hydrogen) atoms. The van der Waals surface area contributed by atoms with E-state index in [2.05, 4.69) is 15.3 Å². The summed E-state index contributed by atoms with van der Waals surface area (Å²) in [5.41, 5.74) is 3.27. The van der Waals surface area contributed by atoms with Gasteiger partial charge in [-0.1, -0.05) is 28.5 Å². The molecule has 0 bridgehead atoms. The van der Waals surface area contributed by atoms with Gasteiger partial charge in [0.1, 0.15) is 28.7 Å². The maximum Gasteiger partial charge on any atom is 0.139 e. The molecule has 0 spiro atoms. The van der Waals surface area contributed by atoms with Crippen LogP contribution in [0.25, 0.3) is 22.6 Å². The SMILES string of the molecule is Cc1onc(-c2ccccc2F)c1CO.Cc1onc(-c2ccccn2)c1CO. The Balaban J connectivity index is 0.000000166. The molecular formula is C21H20FN3O4. The first kappa shape index (κ1) is 20.4. The van der Waals surface area contributed by atoms with Crippen LogP contribution in [0.4, 0.5) is 4.39 Å². The number of aromatic nitrogens is 3. The summed E-state index contributed by atoms with van der Waals surface area (Å²) in [6.45, 7) is 3.16. The first-order chi connectivity index (χ1) is 14.1. The van der Waals surface area contributed by atoms with Crippen LogP contribution in [0.2, 0.25) is 0 Å². The molecule has 0 aliphatic rings. The zero-order chi connectivity index (χ0) is 20.8. The largest absolute Gasteiger partial charge is 0.391 e. The van der Waals surface area contributed by atoms with Crippen molar-refractivity contribution in [2.45, 2.75) is 27.1 Å². The zero-order valence-electron chi connectivity index (χ0n) is 16.0. The monoisotopic (exact) mass is 397 g/mol. The molecule has 7 nitrogen and oxygen atoms in total. The quantitative estimate of drug-likeness (QED) is 0.539. The van der Waals surface area contributed by atoms with Crippen LogP contribution in [-0.4, -0.2) is 25.5 Å². The minimum atomic E-state index is -0.375. The fourth-order valence-corrected chi connectivity index (χ4v) is 2.72. The highest BCUT2D eigenvalue weighted by molar-refractivity contribution is 5.63. The van der Waals surface area contributed by atoms with Crippen molar-refractivity contribution in [1.29, 1.82) is 0 Å². The van der Waals surface area contributed by atoms with Gasteiger partial charge < -0.3 is 19.3 Å². The number of aryl methyl sites for hydroxylation is 2. The topological polar surface area (TPSA) is 105 Å². The minimum Gasteiger partial charge on any atom is -0.391 e. The number of pyridine rings is 1. The normalized spacial score (nSPS) is 10.5. The summed E-state index contributed by atoms with van der Waals surface area (Å²) in [5.74, 6) is 0.768. The van der Waals surface area contributed by atoms with Gasteiger partial charge >= 0.3 is 0 Å². The zero-order valence-corrected chi connectivity index (χ0v) is 16.0. The lowest BCUT2D eigenvalue weighted by Gasteiger charge is -2.00. The Morgan fingerprint density at radius 2 is 1.41 bits per heavy atom. The molecule has 0 saturated carbocycles. The van der Waals surface area contributed by atoms with E-state index in [0.29, 0.717) is 45.3 Å². The third-order valence-electron chi connectivity index (χ3n) is 4.32. The Kier molecular flexibility index (Phi) is 6.48. The van der Waals surface area contributed by atoms with Gasteiger partial charge in [0.05, 0.1) is 18.9 Å². The summed E-state index contributed by atoms with van der Waals surface area (Å²) in [6, 6.07) is 11.8. The Labute approximate surface area is 166 Å². The molecule has 0 amide bonds. The van der Waals surface area contributed by atoms with Crippen molar-refractivity contribution in [1.82, 2.24) is 15.3 Å². The van der Waals surface area contributed by atoms with Crippen molar-refractivity contribution >= 4 is 0 Å². The lowest BCUT2D eigenvalue weighted by molar-refractivity contribution is 0.278. The van der Waals surface area contributed by atoms with E-state index in [4.69, 9.17) is 19.3 Å². The van der Waals surface area contributed by atoms with E-state index in [1.807, 2.05) is 18.2 Å². The second kappa shape index (κ2) is 9.22. The standard InChI is InChI=1S/C11H10FNO2.C10H10N2O2/c1-7-9(6-14)11(13-15-7)8-4-2-3-5-10(8)12;1-7-8(6-13)10(12-14-7)9-4-2-3-5-11-9/h2-5,14H,6H2,1H3;2-5,13H,6H2,1H3. The van der Waals surface area contributed by atoms with Crippen LogP contribution in [-0.2, 0) is 13.2 Å². The predicted molar refractivity (Wildman–Crippen MR) is 103 cm³/mol. The fraction of sp³-hybridized carbons (Fsp3) is 0.190. The summed E-state index contributed by atoms with van der Waals surface area (Å²) in [6.07, 6.45) is 1.68. The average Bonchev–Trinajstić information content (AvgIpc) is 3.31. The summed E-state index contributed by atoms with van der Waals surface area (Å²) < 4.78 is 23.3. The maximum atomic E-state index is 13.4. The smallest absolute Gasteiger partial charge is 0.139 e. The van der Waals surface area contributed by atoms with Gasteiger partial charge in [-0.2, -0.15) is 0 Å². The molecule has 150 valence electrons. The number of nitrogens with zero attached hydrogens (tertiary/aromatic N) is 3. The van der Waals surface area contributed by atoms with Crippen molar-refractivity contribution in [3.63, 3.8) is 0 Å². The Morgan fingerprint density at radius 3 is 2.00 bits per heavy atom. The molecule has 2 N–H and O–H groups in total.